The number of carboxylic acids is 1. The van der Waals surface area contributed by atoms with Gasteiger partial charge < -0.3 is 9.67 Å². The molecule has 0 aromatic carbocycles. The van der Waals surface area contributed by atoms with E-state index in [4.69, 9.17) is 9.90 Å². The molecule has 162 valence electrons. The maximum Gasteiger partial charge on any atom is 0.490 e. The van der Waals surface area contributed by atoms with Gasteiger partial charge in [-0.05, 0) is 24.8 Å². The Hall–Kier alpha value is -2.73. The highest BCUT2D eigenvalue weighted by molar-refractivity contribution is 7.09. The van der Waals surface area contributed by atoms with Crippen LogP contribution < -0.4 is 0 Å². The Morgan fingerprint density at radius 1 is 1.30 bits per heavy atom. The summed E-state index contributed by atoms with van der Waals surface area (Å²) in [7, 11) is 0. The first-order valence-electron chi connectivity index (χ1n) is 9.17. The van der Waals surface area contributed by atoms with Crippen LogP contribution in [0.1, 0.15) is 28.4 Å². The number of hydrogen-bond donors (Lipinski definition) is 1. The van der Waals surface area contributed by atoms with Crippen LogP contribution >= 0.6 is 11.3 Å². The van der Waals surface area contributed by atoms with Crippen LogP contribution in [0, 0.1) is 6.92 Å². The maximum atomic E-state index is 10.6. The number of carboxylic acid groups (broad SMARTS) is 1. The van der Waals surface area contributed by atoms with Gasteiger partial charge in [-0.15, -0.1) is 16.4 Å². The smallest absolute Gasteiger partial charge is 0.475 e. The van der Waals surface area contributed by atoms with Crippen molar-refractivity contribution in [1.82, 2.24) is 29.4 Å². The zero-order valence-electron chi connectivity index (χ0n) is 16.2. The van der Waals surface area contributed by atoms with Crippen molar-refractivity contribution in [2.45, 2.75) is 45.7 Å². The molecule has 0 amide bonds. The molecular formula is C18H21F3N6O2S. The van der Waals surface area contributed by atoms with Gasteiger partial charge in [0.05, 0.1) is 36.2 Å². The Balaban J connectivity index is 0.000000318. The van der Waals surface area contributed by atoms with Crippen LogP contribution in [-0.4, -0.2) is 53.2 Å². The van der Waals surface area contributed by atoms with Gasteiger partial charge in [0, 0.05) is 31.1 Å². The van der Waals surface area contributed by atoms with Gasteiger partial charge in [0.1, 0.15) is 0 Å². The largest absolute Gasteiger partial charge is 0.490 e. The molecule has 3 aromatic heterocycles. The highest BCUT2D eigenvalue weighted by Gasteiger charge is 2.38. The van der Waals surface area contributed by atoms with Crippen molar-refractivity contribution in [3.05, 3.63) is 52.0 Å². The van der Waals surface area contributed by atoms with Gasteiger partial charge in [0.15, 0.2) is 0 Å². The van der Waals surface area contributed by atoms with Crippen LogP contribution in [-0.2, 0) is 31.0 Å². The van der Waals surface area contributed by atoms with Gasteiger partial charge in [-0.2, -0.15) is 13.2 Å². The van der Waals surface area contributed by atoms with E-state index in [1.54, 1.807) is 6.20 Å². The molecule has 4 heterocycles. The number of imidazole rings is 1. The summed E-state index contributed by atoms with van der Waals surface area (Å²) in [4.78, 5) is 17.5. The predicted molar refractivity (Wildman–Crippen MR) is 103 cm³/mol. The minimum Gasteiger partial charge on any atom is -0.475 e. The summed E-state index contributed by atoms with van der Waals surface area (Å²) < 4.78 is 36.0. The highest BCUT2D eigenvalue weighted by atomic mass is 32.1. The Labute approximate surface area is 174 Å². The Morgan fingerprint density at radius 2 is 2.07 bits per heavy atom. The average Bonchev–Trinajstić information content (AvgIpc) is 3.37. The monoisotopic (exact) mass is 442 g/mol. The van der Waals surface area contributed by atoms with Crippen molar-refractivity contribution in [3.8, 4) is 0 Å². The van der Waals surface area contributed by atoms with Crippen LogP contribution in [0.3, 0.4) is 0 Å². The quantitative estimate of drug-likeness (QED) is 0.668. The zero-order valence-corrected chi connectivity index (χ0v) is 17.0. The predicted octanol–water partition coefficient (Wildman–Crippen LogP) is 2.93. The van der Waals surface area contributed by atoms with Crippen molar-refractivity contribution in [1.29, 1.82) is 0 Å². The van der Waals surface area contributed by atoms with E-state index < -0.39 is 12.1 Å². The van der Waals surface area contributed by atoms with Gasteiger partial charge in [0.2, 0.25) is 0 Å². The molecule has 4 rings (SSSR count). The van der Waals surface area contributed by atoms with Crippen LogP contribution in [0.15, 0.2) is 30.0 Å². The van der Waals surface area contributed by atoms with Gasteiger partial charge in [-0.1, -0.05) is 11.3 Å². The minimum atomic E-state index is -5.08. The number of nitrogens with zero attached hydrogens (tertiary/aromatic N) is 6. The van der Waals surface area contributed by atoms with Crippen molar-refractivity contribution in [2.24, 2.45) is 0 Å². The van der Waals surface area contributed by atoms with Gasteiger partial charge >= 0.3 is 12.1 Å². The fraction of sp³-hybridized carbons (Fsp3) is 0.444. The van der Waals surface area contributed by atoms with Crippen molar-refractivity contribution in [2.75, 3.05) is 6.54 Å². The lowest BCUT2D eigenvalue weighted by molar-refractivity contribution is -0.192. The summed E-state index contributed by atoms with van der Waals surface area (Å²) >= 11 is 1.83. The summed E-state index contributed by atoms with van der Waals surface area (Å²) in [6.07, 6.45) is -0.153. The van der Waals surface area contributed by atoms with E-state index in [1.165, 1.54) is 10.6 Å². The number of hydrogen-bond acceptors (Lipinski definition) is 6. The number of aromatic nitrogens is 5. The molecule has 0 fully saturated rings. The zero-order chi connectivity index (χ0) is 21.7. The first kappa shape index (κ1) is 22.0. The second-order valence-electron chi connectivity index (χ2n) is 6.81. The van der Waals surface area contributed by atoms with Gasteiger partial charge in [0.25, 0.3) is 0 Å². The molecule has 0 bridgehead atoms. The SMILES string of the molecule is Cc1cnnn1Cc1ncn2c1CN(Cc1cccs1)CCC2.O=C(O)C(F)(F)F. The standard InChI is InChI=1S/C16H20N6S.C2HF3O2/c1-13-8-18-19-22(13)10-15-16-11-20(9-14-4-2-7-23-14)5-3-6-21(16)12-17-15;3-2(4,5)1(6)7/h2,4,7-8,12H,3,5-6,9-11H2,1H3;(H,6,7). The summed E-state index contributed by atoms with van der Waals surface area (Å²) in [6.45, 7) is 6.85. The normalized spacial score (nSPS) is 14.5. The van der Waals surface area contributed by atoms with Crippen molar-refractivity contribution >= 4 is 17.3 Å². The molecule has 0 saturated carbocycles. The molecule has 0 aliphatic carbocycles. The second-order valence-corrected chi connectivity index (χ2v) is 7.84. The topological polar surface area (TPSA) is 89.1 Å². The molecular weight excluding hydrogens is 421 g/mol. The number of rotatable bonds is 4. The molecule has 30 heavy (non-hydrogen) atoms. The lowest BCUT2D eigenvalue weighted by Crippen LogP contribution is -2.23. The van der Waals surface area contributed by atoms with Gasteiger partial charge in [-0.3, -0.25) is 4.90 Å². The summed E-state index contributed by atoms with van der Waals surface area (Å²) in [5, 5.41) is 17.4. The Morgan fingerprint density at radius 3 is 2.67 bits per heavy atom. The number of alkyl halides is 3. The molecule has 1 aliphatic rings. The summed E-state index contributed by atoms with van der Waals surface area (Å²) in [5.74, 6) is -2.76. The third-order valence-corrected chi connectivity index (χ3v) is 5.45. The average molecular weight is 442 g/mol. The van der Waals surface area contributed by atoms with E-state index in [-0.39, 0.29) is 0 Å². The Bertz CT molecular complexity index is 967. The number of fused-ring (bicyclic) bond motifs is 1. The molecule has 0 spiro atoms. The van der Waals surface area contributed by atoms with Crippen molar-refractivity contribution in [3.63, 3.8) is 0 Å². The number of aryl methyl sites for hydroxylation is 2. The molecule has 1 N–H and O–H groups in total. The fourth-order valence-electron chi connectivity index (χ4n) is 3.08. The first-order chi connectivity index (χ1) is 14.2. The van der Waals surface area contributed by atoms with E-state index in [1.807, 2.05) is 29.3 Å². The Kier molecular flexibility index (Phi) is 6.87. The van der Waals surface area contributed by atoms with E-state index in [0.29, 0.717) is 6.54 Å². The molecule has 0 unspecified atom stereocenters. The van der Waals surface area contributed by atoms with E-state index in [9.17, 15) is 13.2 Å². The lowest BCUT2D eigenvalue weighted by atomic mass is 10.3. The lowest BCUT2D eigenvalue weighted by Gasteiger charge is -2.19. The highest BCUT2D eigenvalue weighted by Crippen LogP contribution is 2.20. The third-order valence-electron chi connectivity index (χ3n) is 4.59. The van der Waals surface area contributed by atoms with Gasteiger partial charge in [-0.25, -0.2) is 14.5 Å². The van der Waals surface area contributed by atoms with E-state index >= 15 is 0 Å². The maximum absolute atomic E-state index is 10.6. The molecule has 1 aliphatic heterocycles. The van der Waals surface area contributed by atoms with E-state index in [2.05, 4.69) is 42.3 Å². The molecule has 0 atom stereocenters. The molecule has 8 nitrogen and oxygen atoms in total. The molecule has 0 saturated heterocycles. The number of halogens is 3. The van der Waals surface area contributed by atoms with Crippen LogP contribution in [0.5, 0.6) is 0 Å². The van der Waals surface area contributed by atoms with Crippen LogP contribution in [0.25, 0.3) is 0 Å². The first-order valence-corrected chi connectivity index (χ1v) is 10.0. The molecule has 3 aromatic rings. The number of carbonyl (C=O) groups is 1. The van der Waals surface area contributed by atoms with Crippen LogP contribution in [0.4, 0.5) is 13.2 Å². The minimum absolute atomic E-state index is 0.695. The number of thiophene rings is 1. The molecule has 0 radical (unpaired) electrons. The van der Waals surface area contributed by atoms with Crippen LogP contribution in [0.2, 0.25) is 0 Å². The number of aliphatic carboxylic acids is 1. The molecule has 12 heteroatoms. The summed E-state index contributed by atoms with van der Waals surface area (Å²) in [5.41, 5.74) is 3.49. The summed E-state index contributed by atoms with van der Waals surface area (Å²) in [6, 6.07) is 4.34. The van der Waals surface area contributed by atoms with E-state index in [0.717, 1.165) is 44.0 Å². The third kappa shape index (κ3) is 5.66. The second kappa shape index (κ2) is 9.39. The fourth-order valence-corrected chi connectivity index (χ4v) is 3.82. The van der Waals surface area contributed by atoms with Crippen molar-refractivity contribution < 1.29 is 23.1 Å².